The maximum Gasteiger partial charge on any atom is 0.333 e. The van der Waals surface area contributed by atoms with Crippen LogP contribution in [0.15, 0.2) is 60.4 Å². The number of carbonyl (C=O) groups is 2. The van der Waals surface area contributed by atoms with Crippen LogP contribution in [0.1, 0.15) is 45.9 Å². The van der Waals surface area contributed by atoms with E-state index in [0.29, 0.717) is 12.2 Å². The molecule has 0 saturated heterocycles. The highest BCUT2D eigenvalue weighted by Crippen LogP contribution is 2.46. The molecule has 0 aliphatic heterocycles. The molecular weight excluding hydrogens is 465 g/mol. The summed E-state index contributed by atoms with van der Waals surface area (Å²) < 4.78 is 38.5. The number of para-hydroxylation sites is 1. The van der Waals surface area contributed by atoms with Crippen molar-refractivity contribution >= 4 is 23.3 Å². The average Bonchev–Trinajstić information content (AvgIpc) is 3.21. The van der Waals surface area contributed by atoms with Gasteiger partial charge in [0.25, 0.3) is 12.3 Å². The first-order valence-electron chi connectivity index (χ1n) is 11.9. The van der Waals surface area contributed by atoms with Gasteiger partial charge in [-0.15, -0.1) is 0 Å². The number of hydrogen-bond acceptors (Lipinski definition) is 6. The van der Waals surface area contributed by atoms with Crippen LogP contribution in [0.25, 0.3) is 22.0 Å². The molecule has 1 heterocycles. The summed E-state index contributed by atoms with van der Waals surface area (Å²) >= 11 is 0. The van der Waals surface area contributed by atoms with E-state index in [9.17, 15) is 14.0 Å². The van der Waals surface area contributed by atoms with Crippen molar-refractivity contribution in [1.29, 1.82) is 0 Å². The Balaban J connectivity index is 2.44. The fraction of sp³-hybridized carbons (Fsp3) is 0.357. The molecule has 3 aromatic rings. The standard InChI is InChI=1S/C28H32FNO6/c1-6-34-22(16-25(32)33-5)17-28(35-7-2,36-18-31)27-26(20-12-14-21(29)15-13-20)23-10-8-9-11-24(23)30(27)19(3)4/h8-16,18-19H,6-7,17H2,1-5H3. The van der Waals surface area contributed by atoms with Crippen molar-refractivity contribution < 1.29 is 32.9 Å². The quantitative estimate of drug-likeness (QED) is 0.102. The summed E-state index contributed by atoms with van der Waals surface area (Å²) in [7, 11) is 1.27. The highest BCUT2D eigenvalue weighted by Gasteiger charge is 2.44. The van der Waals surface area contributed by atoms with Gasteiger partial charge >= 0.3 is 5.97 Å². The molecule has 1 aromatic heterocycles. The van der Waals surface area contributed by atoms with E-state index in [2.05, 4.69) is 0 Å². The van der Waals surface area contributed by atoms with Gasteiger partial charge in [-0.05, 0) is 51.5 Å². The van der Waals surface area contributed by atoms with Crippen molar-refractivity contribution in [2.24, 2.45) is 0 Å². The van der Waals surface area contributed by atoms with Crippen LogP contribution < -0.4 is 0 Å². The Morgan fingerprint density at radius 1 is 1.08 bits per heavy atom. The normalized spacial score (nSPS) is 13.5. The van der Waals surface area contributed by atoms with Crippen molar-refractivity contribution in [3.05, 3.63) is 71.9 Å². The van der Waals surface area contributed by atoms with Crippen molar-refractivity contribution in [2.45, 2.75) is 45.9 Å². The van der Waals surface area contributed by atoms with Crippen molar-refractivity contribution in [3.8, 4) is 11.1 Å². The minimum Gasteiger partial charge on any atom is -0.498 e. The molecule has 192 valence electrons. The molecule has 0 fully saturated rings. The molecule has 0 saturated carbocycles. The molecule has 1 atom stereocenters. The lowest BCUT2D eigenvalue weighted by Gasteiger charge is -2.35. The number of rotatable bonds is 12. The summed E-state index contributed by atoms with van der Waals surface area (Å²) in [4.78, 5) is 24.1. The summed E-state index contributed by atoms with van der Waals surface area (Å²) in [5.74, 6) is -2.42. The van der Waals surface area contributed by atoms with Crippen LogP contribution in [0, 0.1) is 5.82 Å². The van der Waals surface area contributed by atoms with E-state index in [4.69, 9.17) is 18.9 Å². The maximum atomic E-state index is 13.9. The van der Waals surface area contributed by atoms with Gasteiger partial charge in [-0.1, -0.05) is 30.3 Å². The molecule has 0 amide bonds. The molecule has 0 radical (unpaired) electrons. The first-order valence-corrected chi connectivity index (χ1v) is 11.9. The summed E-state index contributed by atoms with van der Waals surface area (Å²) in [6, 6.07) is 13.8. The zero-order valence-electron chi connectivity index (χ0n) is 21.2. The lowest BCUT2D eigenvalue weighted by atomic mass is 9.95. The topological polar surface area (TPSA) is 76.0 Å². The van der Waals surface area contributed by atoms with E-state index in [1.165, 1.54) is 25.3 Å². The Hall–Kier alpha value is -3.65. The monoisotopic (exact) mass is 497 g/mol. The van der Waals surface area contributed by atoms with Crippen LogP contribution in [0.5, 0.6) is 0 Å². The summed E-state index contributed by atoms with van der Waals surface area (Å²) in [5.41, 5.74) is 2.88. The molecule has 0 spiro atoms. The van der Waals surface area contributed by atoms with Crippen LogP contribution in [0.3, 0.4) is 0 Å². The molecule has 0 aliphatic rings. The van der Waals surface area contributed by atoms with Gasteiger partial charge in [0.05, 0.1) is 31.9 Å². The third-order valence-corrected chi connectivity index (χ3v) is 5.75. The Morgan fingerprint density at radius 3 is 2.36 bits per heavy atom. The average molecular weight is 498 g/mol. The third-order valence-electron chi connectivity index (χ3n) is 5.75. The van der Waals surface area contributed by atoms with Crippen LogP contribution in [0.2, 0.25) is 0 Å². The van der Waals surface area contributed by atoms with E-state index >= 15 is 0 Å². The first kappa shape index (κ1) is 26.9. The lowest BCUT2D eigenvalue weighted by Crippen LogP contribution is -2.37. The van der Waals surface area contributed by atoms with Crippen LogP contribution in [-0.4, -0.2) is 37.3 Å². The minimum atomic E-state index is -1.67. The van der Waals surface area contributed by atoms with Crippen molar-refractivity contribution in [3.63, 3.8) is 0 Å². The van der Waals surface area contributed by atoms with E-state index in [1.54, 1.807) is 26.0 Å². The number of hydrogen-bond donors (Lipinski definition) is 0. The maximum absolute atomic E-state index is 13.9. The van der Waals surface area contributed by atoms with Crippen molar-refractivity contribution in [2.75, 3.05) is 20.3 Å². The Morgan fingerprint density at radius 2 is 1.78 bits per heavy atom. The number of nitrogens with zero attached hydrogens (tertiary/aromatic N) is 1. The van der Waals surface area contributed by atoms with Gasteiger partial charge in [0.2, 0.25) is 0 Å². The minimum absolute atomic E-state index is 0.0747. The van der Waals surface area contributed by atoms with Gasteiger partial charge in [0, 0.05) is 29.1 Å². The number of esters is 1. The predicted octanol–water partition coefficient (Wildman–Crippen LogP) is 5.87. The van der Waals surface area contributed by atoms with Crippen LogP contribution in [0.4, 0.5) is 4.39 Å². The third kappa shape index (κ3) is 5.44. The molecule has 7 nitrogen and oxygen atoms in total. The number of halogens is 1. The van der Waals surface area contributed by atoms with Crippen LogP contribution in [-0.2, 0) is 34.3 Å². The number of fused-ring (bicyclic) bond motifs is 1. The van der Waals surface area contributed by atoms with Gasteiger partial charge in [0.15, 0.2) is 0 Å². The number of carbonyl (C=O) groups excluding carboxylic acids is 2. The smallest absolute Gasteiger partial charge is 0.333 e. The molecule has 0 bridgehead atoms. The summed E-state index contributed by atoms with van der Waals surface area (Å²) in [5, 5.41) is 0.876. The van der Waals surface area contributed by atoms with Gasteiger partial charge in [-0.25, -0.2) is 9.18 Å². The van der Waals surface area contributed by atoms with Gasteiger partial charge in [0.1, 0.15) is 11.6 Å². The molecule has 36 heavy (non-hydrogen) atoms. The Kier molecular flexibility index (Phi) is 8.88. The van der Waals surface area contributed by atoms with Gasteiger partial charge in [-0.2, -0.15) is 0 Å². The number of benzene rings is 2. The van der Waals surface area contributed by atoms with Crippen LogP contribution >= 0.6 is 0 Å². The second-order valence-electron chi connectivity index (χ2n) is 8.35. The molecule has 2 aromatic carbocycles. The summed E-state index contributed by atoms with van der Waals surface area (Å²) in [6.45, 7) is 8.37. The Labute approximate surface area is 210 Å². The molecule has 3 rings (SSSR count). The highest BCUT2D eigenvalue weighted by atomic mass is 19.1. The van der Waals surface area contributed by atoms with E-state index in [0.717, 1.165) is 22.0 Å². The number of methoxy groups -OCH3 is 1. The zero-order chi connectivity index (χ0) is 26.3. The van der Waals surface area contributed by atoms with Crippen molar-refractivity contribution in [1.82, 2.24) is 4.57 Å². The first-order chi connectivity index (χ1) is 17.3. The lowest BCUT2D eigenvalue weighted by molar-refractivity contribution is -0.232. The molecular formula is C28H32FNO6. The number of aromatic nitrogens is 1. The van der Waals surface area contributed by atoms with E-state index in [-0.39, 0.29) is 37.3 Å². The number of ether oxygens (including phenoxy) is 4. The molecule has 1 unspecified atom stereocenters. The Bertz CT molecular complexity index is 1230. The second kappa shape index (κ2) is 11.9. The molecule has 8 heteroatoms. The fourth-order valence-corrected chi connectivity index (χ4v) is 4.48. The predicted molar refractivity (Wildman–Crippen MR) is 135 cm³/mol. The van der Waals surface area contributed by atoms with E-state index < -0.39 is 11.8 Å². The SMILES string of the molecule is CCOC(=CC(=O)OC)CC(OC=O)(OCC)c1c(-c2ccc(F)cc2)c2ccccc2n1C(C)C. The molecule has 0 N–H and O–H groups in total. The summed E-state index contributed by atoms with van der Waals surface area (Å²) in [6.07, 6.45) is 1.12. The second-order valence-corrected chi connectivity index (χ2v) is 8.35. The zero-order valence-corrected chi connectivity index (χ0v) is 21.2. The van der Waals surface area contributed by atoms with Gasteiger partial charge < -0.3 is 23.5 Å². The van der Waals surface area contributed by atoms with Gasteiger partial charge in [-0.3, -0.25) is 4.79 Å². The highest BCUT2D eigenvalue weighted by molar-refractivity contribution is 5.98. The largest absolute Gasteiger partial charge is 0.498 e. The fourth-order valence-electron chi connectivity index (χ4n) is 4.48. The molecule has 0 aliphatic carbocycles. The van der Waals surface area contributed by atoms with E-state index in [1.807, 2.05) is 42.7 Å².